The molecule has 8 nitrogen and oxygen atoms in total. The van der Waals surface area contributed by atoms with Gasteiger partial charge in [-0.1, -0.05) is 44.2 Å². The summed E-state index contributed by atoms with van der Waals surface area (Å²) in [6.45, 7) is 5.13. The van der Waals surface area contributed by atoms with E-state index in [1.807, 2.05) is 19.9 Å². The van der Waals surface area contributed by atoms with Gasteiger partial charge in [0.2, 0.25) is 11.8 Å². The summed E-state index contributed by atoms with van der Waals surface area (Å²) >= 11 is 0. The first-order valence-electron chi connectivity index (χ1n) is 8.93. The number of aliphatic carboxylic acids is 1. The zero-order chi connectivity index (χ0) is 20.6. The molecule has 0 aliphatic carbocycles. The van der Waals surface area contributed by atoms with E-state index in [2.05, 4.69) is 10.6 Å². The molecule has 0 radical (unpaired) electrons. The van der Waals surface area contributed by atoms with Crippen LogP contribution in [0.15, 0.2) is 30.3 Å². The minimum absolute atomic E-state index is 0.0706. The Morgan fingerprint density at radius 1 is 1.00 bits per heavy atom. The third-order valence-electron chi connectivity index (χ3n) is 4.06. The van der Waals surface area contributed by atoms with Crippen molar-refractivity contribution in [1.82, 2.24) is 10.6 Å². The first-order valence-corrected chi connectivity index (χ1v) is 8.93. The molecule has 0 spiro atoms. The lowest BCUT2D eigenvalue weighted by atomic mass is 10.0. The van der Waals surface area contributed by atoms with Crippen molar-refractivity contribution < 1.29 is 24.6 Å². The molecule has 1 aromatic rings. The highest BCUT2D eigenvalue weighted by Gasteiger charge is 2.29. The van der Waals surface area contributed by atoms with Gasteiger partial charge >= 0.3 is 5.97 Å². The molecular formula is C19H29N3O5. The highest BCUT2D eigenvalue weighted by molar-refractivity contribution is 5.92. The van der Waals surface area contributed by atoms with Crippen molar-refractivity contribution in [2.45, 2.75) is 57.8 Å². The molecule has 0 bridgehead atoms. The normalized spacial score (nSPS) is 15.5. The number of nitrogens with one attached hydrogen (secondary N) is 2. The molecule has 8 heteroatoms. The average molecular weight is 379 g/mol. The van der Waals surface area contributed by atoms with Crippen LogP contribution >= 0.6 is 0 Å². The molecule has 0 saturated carbocycles. The van der Waals surface area contributed by atoms with Crippen LogP contribution in [-0.2, 0) is 20.8 Å². The first kappa shape index (κ1) is 22.6. The van der Waals surface area contributed by atoms with Crippen LogP contribution in [0, 0.1) is 5.92 Å². The van der Waals surface area contributed by atoms with Gasteiger partial charge < -0.3 is 26.6 Å². The third kappa shape index (κ3) is 7.76. The summed E-state index contributed by atoms with van der Waals surface area (Å²) in [5, 5.41) is 23.9. The number of hydrogen-bond acceptors (Lipinski definition) is 5. The smallest absolute Gasteiger partial charge is 0.326 e. The Hall–Kier alpha value is -2.45. The van der Waals surface area contributed by atoms with Gasteiger partial charge in [0.15, 0.2) is 0 Å². The zero-order valence-corrected chi connectivity index (χ0v) is 15.9. The van der Waals surface area contributed by atoms with Gasteiger partial charge in [-0.2, -0.15) is 0 Å². The van der Waals surface area contributed by atoms with Gasteiger partial charge in [0.25, 0.3) is 0 Å². The predicted molar refractivity (Wildman–Crippen MR) is 101 cm³/mol. The zero-order valence-electron chi connectivity index (χ0n) is 15.9. The van der Waals surface area contributed by atoms with Crippen molar-refractivity contribution in [2.24, 2.45) is 11.7 Å². The summed E-state index contributed by atoms with van der Waals surface area (Å²) in [5.74, 6) is -2.36. The molecule has 1 rings (SSSR count). The van der Waals surface area contributed by atoms with E-state index in [1.54, 1.807) is 24.3 Å². The fourth-order valence-electron chi connectivity index (χ4n) is 2.51. The Bertz CT molecular complexity index is 633. The number of aliphatic hydroxyl groups is 1. The average Bonchev–Trinajstić information content (AvgIpc) is 2.59. The number of carbonyl (C=O) groups excluding carboxylic acids is 2. The molecule has 0 unspecified atom stereocenters. The Morgan fingerprint density at radius 3 is 2.04 bits per heavy atom. The van der Waals surface area contributed by atoms with Gasteiger partial charge in [-0.05, 0) is 24.8 Å². The number of rotatable bonds is 10. The lowest BCUT2D eigenvalue weighted by molar-refractivity contribution is -0.142. The van der Waals surface area contributed by atoms with Crippen molar-refractivity contribution in [3.8, 4) is 0 Å². The van der Waals surface area contributed by atoms with E-state index in [0.29, 0.717) is 6.42 Å². The van der Waals surface area contributed by atoms with E-state index in [1.165, 1.54) is 6.92 Å². The molecule has 27 heavy (non-hydrogen) atoms. The maximum Gasteiger partial charge on any atom is 0.326 e. The third-order valence-corrected chi connectivity index (χ3v) is 4.06. The Morgan fingerprint density at radius 2 is 1.56 bits per heavy atom. The molecule has 150 valence electrons. The summed E-state index contributed by atoms with van der Waals surface area (Å²) in [6, 6.07) is 5.69. The van der Waals surface area contributed by atoms with Crippen LogP contribution in [0.1, 0.15) is 32.8 Å². The van der Waals surface area contributed by atoms with Crippen LogP contribution < -0.4 is 16.4 Å². The Kier molecular flexibility index (Phi) is 8.90. The van der Waals surface area contributed by atoms with Crippen molar-refractivity contribution in [1.29, 1.82) is 0 Å². The number of carboxylic acid groups (broad SMARTS) is 1. The SMILES string of the molecule is CC(C)C[C@H](NC(=O)[C@@H](N)[C@@H](C)O)C(=O)N[C@@H](Cc1ccccc1)C(=O)O. The molecule has 1 aromatic carbocycles. The molecule has 6 N–H and O–H groups in total. The van der Waals surface area contributed by atoms with E-state index in [0.717, 1.165) is 5.56 Å². The maximum absolute atomic E-state index is 12.6. The van der Waals surface area contributed by atoms with E-state index in [-0.39, 0.29) is 12.3 Å². The maximum atomic E-state index is 12.6. The molecule has 0 aliphatic rings. The number of benzene rings is 1. The molecule has 4 atom stereocenters. The molecule has 0 heterocycles. The number of nitrogens with two attached hydrogens (primary N) is 1. The number of carbonyl (C=O) groups is 3. The van der Waals surface area contributed by atoms with Crippen LogP contribution in [0.25, 0.3) is 0 Å². The fraction of sp³-hybridized carbons (Fsp3) is 0.526. The number of hydrogen-bond donors (Lipinski definition) is 5. The van der Waals surface area contributed by atoms with Gasteiger partial charge in [-0.15, -0.1) is 0 Å². The number of amides is 2. The van der Waals surface area contributed by atoms with Crippen LogP contribution in [0.5, 0.6) is 0 Å². The second-order valence-corrected chi connectivity index (χ2v) is 7.05. The Balaban J connectivity index is 2.85. The van der Waals surface area contributed by atoms with Crippen molar-refractivity contribution in [2.75, 3.05) is 0 Å². The highest BCUT2D eigenvalue weighted by atomic mass is 16.4. The summed E-state index contributed by atoms with van der Waals surface area (Å²) in [7, 11) is 0. The van der Waals surface area contributed by atoms with Crippen LogP contribution in [0.3, 0.4) is 0 Å². The number of aliphatic hydroxyl groups excluding tert-OH is 1. The highest BCUT2D eigenvalue weighted by Crippen LogP contribution is 2.08. The van der Waals surface area contributed by atoms with Gasteiger partial charge in [-0.3, -0.25) is 9.59 Å². The molecule has 2 amide bonds. The monoisotopic (exact) mass is 379 g/mol. The molecular weight excluding hydrogens is 350 g/mol. The summed E-state index contributed by atoms with van der Waals surface area (Å²) in [4.78, 5) is 36.3. The summed E-state index contributed by atoms with van der Waals surface area (Å²) in [6.07, 6.45) is -0.642. The van der Waals surface area contributed by atoms with E-state index in [4.69, 9.17) is 5.73 Å². The summed E-state index contributed by atoms with van der Waals surface area (Å²) < 4.78 is 0. The lowest BCUT2D eigenvalue weighted by Crippen LogP contribution is -2.56. The standard InChI is InChI=1S/C19H29N3O5/c1-11(2)9-14(21-18(25)16(20)12(3)23)17(24)22-15(19(26)27)10-13-7-5-4-6-8-13/h4-8,11-12,14-16,23H,9-10,20H2,1-3H3,(H,21,25)(H,22,24)(H,26,27)/t12-,14+,15+,16+/m1/s1. The van der Waals surface area contributed by atoms with Gasteiger partial charge in [0, 0.05) is 6.42 Å². The quantitative estimate of drug-likeness (QED) is 0.388. The van der Waals surface area contributed by atoms with E-state index >= 15 is 0 Å². The van der Waals surface area contributed by atoms with Gasteiger partial charge in [0.05, 0.1) is 6.10 Å². The first-order chi connectivity index (χ1) is 12.6. The fourth-order valence-corrected chi connectivity index (χ4v) is 2.51. The van der Waals surface area contributed by atoms with Crippen LogP contribution in [0.4, 0.5) is 0 Å². The van der Waals surface area contributed by atoms with Crippen molar-refractivity contribution >= 4 is 17.8 Å². The van der Waals surface area contributed by atoms with Crippen molar-refractivity contribution in [3.05, 3.63) is 35.9 Å². The largest absolute Gasteiger partial charge is 0.480 e. The topological polar surface area (TPSA) is 142 Å². The van der Waals surface area contributed by atoms with Crippen LogP contribution in [-0.4, -0.2) is 52.2 Å². The molecule has 0 aliphatic heterocycles. The lowest BCUT2D eigenvalue weighted by Gasteiger charge is -2.24. The molecule has 0 aromatic heterocycles. The molecule has 0 saturated heterocycles. The van der Waals surface area contributed by atoms with E-state index in [9.17, 15) is 24.6 Å². The van der Waals surface area contributed by atoms with Gasteiger partial charge in [-0.25, -0.2) is 4.79 Å². The minimum Gasteiger partial charge on any atom is -0.480 e. The molecule has 0 fully saturated rings. The summed E-state index contributed by atoms with van der Waals surface area (Å²) in [5.41, 5.74) is 6.37. The van der Waals surface area contributed by atoms with Crippen molar-refractivity contribution in [3.63, 3.8) is 0 Å². The second-order valence-electron chi connectivity index (χ2n) is 7.05. The second kappa shape index (κ2) is 10.6. The number of carboxylic acids is 1. The van der Waals surface area contributed by atoms with E-state index < -0.39 is 42.0 Å². The Labute approximate surface area is 159 Å². The minimum atomic E-state index is -1.17. The van der Waals surface area contributed by atoms with Crippen LogP contribution in [0.2, 0.25) is 0 Å². The predicted octanol–water partition coefficient (Wildman–Crippen LogP) is 0.0375. The van der Waals surface area contributed by atoms with Gasteiger partial charge in [0.1, 0.15) is 18.1 Å².